The van der Waals surface area contributed by atoms with Crippen LogP contribution in [0, 0.1) is 6.92 Å². The second kappa shape index (κ2) is 3.83. The lowest BCUT2D eigenvalue weighted by Crippen LogP contribution is -1.99. The summed E-state index contributed by atoms with van der Waals surface area (Å²) < 4.78 is 2.05. The van der Waals surface area contributed by atoms with E-state index in [0.29, 0.717) is 0 Å². The average Bonchev–Trinajstić information content (AvgIpc) is 1.81. The molecule has 66 valence electrons. The largest absolute Gasteiger partial charge is 0.399 e. The van der Waals surface area contributed by atoms with Crippen LogP contribution in [0.4, 0.5) is 5.69 Å². The fraction of sp³-hybridized carbons (Fsp3) is 0.333. The fourth-order valence-corrected chi connectivity index (χ4v) is 1.89. The summed E-state index contributed by atoms with van der Waals surface area (Å²) in [6.07, 6.45) is 0. The lowest BCUT2D eigenvalue weighted by atomic mass is 10.2. The zero-order valence-electron chi connectivity index (χ0n) is 7.66. The van der Waals surface area contributed by atoms with Gasteiger partial charge in [0.2, 0.25) is 0 Å². The Kier molecular flexibility index (Phi) is 3.00. The molecule has 2 N–H and O–H groups in total. The van der Waals surface area contributed by atoms with E-state index in [1.807, 2.05) is 30.5 Å². The number of aryl methyl sites for hydroxylation is 1. The van der Waals surface area contributed by atoms with E-state index in [9.17, 15) is 0 Å². The van der Waals surface area contributed by atoms with Gasteiger partial charge in [-0.05, 0) is 56.7 Å². The molecule has 0 aliphatic rings. The number of nitrogens with zero attached hydrogens (tertiary/aromatic N) is 1. The third-order valence-corrected chi connectivity index (χ3v) is 2.17. The van der Waals surface area contributed by atoms with Gasteiger partial charge in [-0.1, -0.05) is 0 Å². The van der Waals surface area contributed by atoms with E-state index in [1.54, 1.807) is 11.9 Å². The summed E-state index contributed by atoms with van der Waals surface area (Å²) in [5.41, 5.74) is 7.74. The highest BCUT2D eigenvalue weighted by molar-refractivity contribution is 7.97. The molecule has 1 rings (SSSR count). The first-order chi connectivity index (χ1) is 5.58. The van der Waals surface area contributed by atoms with Gasteiger partial charge in [0.25, 0.3) is 0 Å². The van der Waals surface area contributed by atoms with Crippen LogP contribution in [0.15, 0.2) is 23.1 Å². The second-order valence-corrected chi connectivity index (χ2v) is 4.37. The summed E-state index contributed by atoms with van der Waals surface area (Å²) in [5.74, 6) is 0. The maximum Gasteiger partial charge on any atom is 0.0328 e. The fourth-order valence-electron chi connectivity index (χ4n) is 1.04. The smallest absolute Gasteiger partial charge is 0.0328 e. The molecule has 0 saturated heterocycles. The van der Waals surface area contributed by atoms with Gasteiger partial charge in [0.1, 0.15) is 0 Å². The maximum absolute atomic E-state index is 5.70. The van der Waals surface area contributed by atoms with Crippen molar-refractivity contribution in [2.45, 2.75) is 11.8 Å². The van der Waals surface area contributed by atoms with Gasteiger partial charge in [0.15, 0.2) is 0 Å². The molecule has 0 heterocycles. The molecule has 2 nitrogen and oxygen atoms in total. The molecule has 0 atom stereocenters. The average molecular weight is 182 g/mol. The number of benzene rings is 1. The molecule has 0 radical (unpaired) electrons. The van der Waals surface area contributed by atoms with Gasteiger partial charge in [-0.25, -0.2) is 0 Å². The van der Waals surface area contributed by atoms with Gasteiger partial charge in [0.05, 0.1) is 0 Å². The van der Waals surface area contributed by atoms with E-state index in [0.717, 1.165) is 5.69 Å². The number of nitrogen functional groups attached to an aromatic ring is 1. The summed E-state index contributed by atoms with van der Waals surface area (Å²) in [6.45, 7) is 2.05. The van der Waals surface area contributed by atoms with E-state index >= 15 is 0 Å². The first-order valence-corrected chi connectivity index (χ1v) is 4.58. The van der Waals surface area contributed by atoms with Gasteiger partial charge >= 0.3 is 0 Å². The van der Waals surface area contributed by atoms with Crippen molar-refractivity contribution in [1.82, 2.24) is 4.31 Å². The Morgan fingerprint density at radius 1 is 1.25 bits per heavy atom. The summed E-state index contributed by atoms with van der Waals surface area (Å²) in [7, 11) is 4.03. The number of rotatable bonds is 2. The van der Waals surface area contributed by atoms with Crippen molar-refractivity contribution in [1.29, 1.82) is 0 Å². The van der Waals surface area contributed by atoms with E-state index in [-0.39, 0.29) is 0 Å². The molecule has 0 fully saturated rings. The molecule has 12 heavy (non-hydrogen) atoms. The van der Waals surface area contributed by atoms with Crippen LogP contribution in [0.25, 0.3) is 0 Å². The van der Waals surface area contributed by atoms with E-state index < -0.39 is 0 Å². The van der Waals surface area contributed by atoms with Crippen molar-refractivity contribution in [2.75, 3.05) is 19.8 Å². The minimum Gasteiger partial charge on any atom is -0.399 e. The highest BCUT2D eigenvalue weighted by atomic mass is 32.2. The Morgan fingerprint density at radius 2 is 1.92 bits per heavy atom. The van der Waals surface area contributed by atoms with Crippen LogP contribution >= 0.6 is 11.9 Å². The van der Waals surface area contributed by atoms with Gasteiger partial charge in [0, 0.05) is 10.6 Å². The Balaban J connectivity index is 2.85. The highest BCUT2D eigenvalue weighted by Gasteiger charge is 1.98. The zero-order chi connectivity index (χ0) is 9.14. The number of anilines is 1. The molecule has 3 heteroatoms. The van der Waals surface area contributed by atoms with Crippen LogP contribution in [-0.2, 0) is 0 Å². The molecule has 0 aliphatic heterocycles. The SMILES string of the molecule is Cc1cc(N)cc(SN(C)C)c1. The predicted octanol–water partition coefficient (Wildman–Crippen LogP) is 2.15. The minimum atomic E-state index is 0.833. The van der Waals surface area contributed by atoms with Crippen molar-refractivity contribution in [3.8, 4) is 0 Å². The van der Waals surface area contributed by atoms with Gasteiger partial charge in [-0.3, -0.25) is 4.31 Å². The second-order valence-electron chi connectivity index (χ2n) is 2.98. The van der Waals surface area contributed by atoms with Crippen LogP contribution < -0.4 is 5.73 Å². The van der Waals surface area contributed by atoms with E-state index in [1.165, 1.54) is 10.5 Å². The van der Waals surface area contributed by atoms with Crippen molar-refractivity contribution in [2.24, 2.45) is 0 Å². The normalized spacial score (nSPS) is 10.7. The minimum absolute atomic E-state index is 0.833. The summed E-state index contributed by atoms with van der Waals surface area (Å²) in [6, 6.07) is 6.08. The Bertz CT molecular complexity index is 251. The molecule has 1 aromatic rings. The summed E-state index contributed by atoms with van der Waals surface area (Å²) in [4.78, 5) is 1.19. The van der Waals surface area contributed by atoms with Gasteiger partial charge in [-0.2, -0.15) is 0 Å². The van der Waals surface area contributed by atoms with Crippen molar-refractivity contribution < 1.29 is 0 Å². The monoisotopic (exact) mass is 182 g/mol. The van der Waals surface area contributed by atoms with Gasteiger partial charge < -0.3 is 5.73 Å². The van der Waals surface area contributed by atoms with Crippen molar-refractivity contribution in [3.05, 3.63) is 23.8 Å². The zero-order valence-corrected chi connectivity index (χ0v) is 8.48. The molecule has 0 amide bonds. The summed E-state index contributed by atoms with van der Waals surface area (Å²) in [5, 5.41) is 0. The lowest BCUT2D eigenvalue weighted by molar-refractivity contribution is 0.702. The van der Waals surface area contributed by atoms with Crippen LogP contribution in [0.1, 0.15) is 5.56 Å². The van der Waals surface area contributed by atoms with Crippen molar-refractivity contribution in [3.63, 3.8) is 0 Å². The van der Waals surface area contributed by atoms with E-state index in [2.05, 4.69) is 13.0 Å². The molecule has 0 aliphatic carbocycles. The molecule has 0 unspecified atom stereocenters. The molecule has 0 bridgehead atoms. The number of nitrogens with two attached hydrogens (primary N) is 1. The Morgan fingerprint density at radius 3 is 2.42 bits per heavy atom. The molecule has 0 saturated carbocycles. The lowest BCUT2D eigenvalue weighted by Gasteiger charge is -2.09. The summed E-state index contributed by atoms with van der Waals surface area (Å²) >= 11 is 1.68. The van der Waals surface area contributed by atoms with Crippen molar-refractivity contribution >= 4 is 17.6 Å². The van der Waals surface area contributed by atoms with Gasteiger partial charge in [-0.15, -0.1) is 0 Å². The highest BCUT2D eigenvalue weighted by Crippen LogP contribution is 2.23. The van der Waals surface area contributed by atoms with Crippen LogP contribution in [0.3, 0.4) is 0 Å². The van der Waals surface area contributed by atoms with E-state index in [4.69, 9.17) is 5.73 Å². The molecule has 0 aromatic heterocycles. The van der Waals surface area contributed by atoms with Crippen LogP contribution in [0.5, 0.6) is 0 Å². The maximum atomic E-state index is 5.70. The molecular weight excluding hydrogens is 168 g/mol. The van der Waals surface area contributed by atoms with Crippen LogP contribution in [0.2, 0.25) is 0 Å². The predicted molar refractivity (Wildman–Crippen MR) is 55.1 cm³/mol. The Hall–Kier alpha value is -0.670. The number of hydrogen-bond acceptors (Lipinski definition) is 3. The topological polar surface area (TPSA) is 29.3 Å². The quantitative estimate of drug-likeness (QED) is 0.561. The first-order valence-electron chi connectivity index (χ1n) is 3.80. The third-order valence-electron chi connectivity index (χ3n) is 1.36. The molecule has 0 spiro atoms. The molecular formula is C9H14N2S. The standard InChI is InChI=1S/C9H14N2S/c1-7-4-8(10)6-9(5-7)12-11(2)3/h4-6H,10H2,1-3H3. The van der Waals surface area contributed by atoms with Crippen LogP contribution in [-0.4, -0.2) is 18.4 Å². The number of hydrogen-bond donors (Lipinski definition) is 1. The molecule has 1 aromatic carbocycles. The first kappa shape index (κ1) is 9.42. The Labute approximate surface area is 77.9 Å². The third kappa shape index (κ3) is 2.75.